The molecule has 0 amide bonds. The maximum absolute atomic E-state index is 12.4. The molecule has 1 saturated heterocycles. The molecule has 1 fully saturated rings. The highest BCUT2D eigenvalue weighted by molar-refractivity contribution is 7.89. The van der Waals surface area contributed by atoms with Crippen molar-refractivity contribution in [2.24, 2.45) is 5.92 Å². The molecule has 1 unspecified atom stereocenters. The first-order valence-electron chi connectivity index (χ1n) is 6.16. The number of aliphatic carboxylic acids is 1. The van der Waals surface area contributed by atoms with Crippen LogP contribution in [0.4, 0.5) is 5.82 Å². The summed E-state index contributed by atoms with van der Waals surface area (Å²) in [5, 5.41) is 19.5. The number of nitrogens with zero attached hydrogens (tertiary/aromatic N) is 3. The maximum Gasteiger partial charge on any atom is 0.363 e. The number of carboxylic acids is 1. The first-order valence-corrected chi connectivity index (χ1v) is 7.60. The predicted molar refractivity (Wildman–Crippen MR) is 70.0 cm³/mol. The second-order valence-electron chi connectivity index (χ2n) is 4.65. The number of carbonyl (C=O) groups is 1. The van der Waals surface area contributed by atoms with Gasteiger partial charge in [-0.3, -0.25) is 4.79 Å². The summed E-state index contributed by atoms with van der Waals surface area (Å²) < 4.78 is 25.8. The number of rotatable bonds is 4. The molecular formula is C11H13N3O6S. The largest absolute Gasteiger partial charge is 0.481 e. The average molecular weight is 315 g/mol. The van der Waals surface area contributed by atoms with Crippen LogP contribution < -0.4 is 0 Å². The molecule has 0 aromatic carbocycles. The van der Waals surface area contributed by atoms with E-state index in [9.17, 15) is 23.3 Å². The van der Waals surface area contributed by atoms with Crippen LogP contribution in [0, 0.1) is 16.0 Å². The van der Waals surface area contributed by atoms with Crippen molar-refractivity contribution >= 4 is 21.8 Å². The molecule has 1 aliphatic rings. The van der Waals surface area contributed by atoms with Crippen molar-refractivity contribution in [3.8, 4) is 0 Å². The van der Waals surface area contributed by atoms with Gasteiger partial charge in [0.15, 0.2) is 6.20 Å². The molecule has 21 heavy (non-hydrogen) atoms. The van der Waals surface area contributed by atoms with E-state index in [0.29, 0.717) is 12.8 Å². The Morgan fingerprint density at radius 2 is 2.19 bits per heavy atom. The van der Waals surface area contributed by atoms with Crippen molar-refractivity contribution in [3.63, 3.8) is 0 Å². The van der Waals surface area contributed by atoms with Gasteiger partial charge < -0.3 is 15.2 Å². The van der Waals surface area contributed by atoms with E-state index in [0.717, 1.165) is 22.6 Å². The summed E-state index contributed by atoms with van der Waals surface area (Å²) >= 11 is 0. The van der Waals surface area contributed by atoms with Crippen LogP contribution in [0.25, 0.3) is 0 Å². The van der Waals surface area contributed by atoms with E-state index in [4.69, 9.17) is 5.11 Å². The Morgan fingerprint density at radius 3 is 2.71 bits per heavy atom. The third-order valence-electron chi connectivity index (χ3n) is 3.28. The predicted octanol–water partition coefficient (Wildman–Crippen LogP) is 0.475. The Bertz CT molecular complexity index is 657. The number of hydrogen-bond acceptors (Lipinski definition) is 6. The van der Waals surface area contributed by atoms with Crippen molar-refractivity contribution in [1.82, 2.24) is 9.29 Å². The number of hydrogen-bond donors (Lipinski definition) is 1. The summed E-state index contributed by atoms with van der Waals surface area (Å²) in [6.45, 7) is 0.123. The zero-order valence-electron chi connectivity index (χ0n) is 10.9. The summed E-state index contributed by atoms with van der Waals surface area (Å²) in [4.78, 5) is 24.0. The van der Waals surface area contributed by atoms with Gasteiger partial charge in [-0.2, -0.15) is 4.31 Å². The fourth-order valence-electron chi connectivity index (χ4n) is 2.14. The van der Waals surface area contributed by atoms with Gasteiger partial charge in [-0.25, -0.2) is 8.42 Å². The molecule has 2 rings (SSSR count). The topological polar surface area (TPSA) is 131 Å². The van der Waals surface area contributed by atoms with Gasteiger partial charge in [0.25, 0.3) is 0 Å². The summed E-state index contributed by atoms with van der Waals surface area (Å²) in [6.07, 6.45) is 1.80. The second-order valence-corrected chi connectivity index (χ2v) is 6.59. The first-order chi connectivity index (χ1) is 9.82. The molecule has 0 aliphatic carbocycles. The summed E-state index contributed by atoms with van der Waals surface area (Å²) in [6, 6.07) is 2.11. The van der Waals surface area contributed by atoms with E-state index in [-0.39, 0.29) is 18.0 Å². The van der Waals surface area contributed by atoms with Gasteiger partial charge >= 0.3 is 11.8 Å². The van der Waals surface area contributed by atoms with Crippen LogP contribution >= 0.6 is 0 Å². The molecule has 1 aliphatic heterocycles. The number of pyridine rings is 1. The van der Waals surface area contributed by atoms with Crippen LogP contribution in [0.3, 0.4) is 0 Å². The minimum absolute atomic E-state index is 0.103. The normalized spacial score (nSPS) is 20.1. The number of nitro groups is 1. The lowest BCUT2D eigenvalue weighted by atomic mass is 10.0. The van der Waals surface area contributed by atoms with Gasteiger partial charge in [0.2, 0.25) is 10.0 Å². The third kappa shape index (κ3) is 3.16. The highest BCUT2D eigenvalue weighted by atomic mass is 32.2. The third-order valence-corrected chi connectivity index (χ3v) is 5.13. The highest BCUT2D eigenvalue weighted by Crippen LogP contribution is 2.24. The quantitative estimate of drug-likeness (QED) is 0.631. The van der Waals surface area contributed by atoms with E-state index in [1.807, 2.05) is 0 Å². The molecule has 1 aromatic rings. The Labute approximate surface area is 120 Å². The Balaban J connectivity index is 2.24. The van der Waals surface area contributed by atoms with Crippen molar-refractivity contribution in [2.75, 3.05) is 13.1 Å². The van der Waals surface area contributed by atoms with Crippen LogP contribution in [-0.4, -0.2) is 46.8 Å². The fraction of sp³-hybridized carbons (Fsp3) is 0.455. The molecule has 2 heterocycles. The van der Waals surface area contributed by atoms with Crippen LogP contribution in [-0.2, 0) is 14.8 Å². The second kappa shape index (κ2) is 5.74. The molecule has 9 nitrogen and oxygen atoms in total. The number of sulfonamides is 1. The maximum atomic E-state index is 12.4. The zero-order chi connectivity index (χ0) is 15.6. The number of piperidine rings is 1. The minimum Gasteiger partial charge on any atom is -0.481 e. The number of carboxylic acid groups (broad SMARTS) is 1. The lowest BCUT2D eigenvalue weighted by Gasteiger charge is -2.29. The Kier molecular flexibility index (Phi) is 4.19. The summed E-state index contributed by atoms with van der Waals surface area (Å²) in [5.74, 6) is -2.22. The molecule has 0 spiro atoms. The van der Waals surface area contributed by atoms with Gasteiger partial charge in [-0.15, -0.1) is 0 Å². The van der Waals surface area contributed by atoms with Crippen molar-refractivity contribution in [3.05, 3.63) is 28.4 Å². The van der Waals surface area contributed by atoms with Crippen molar-refractivity contribution in [2.45, 2.75) is 17.7 Å². The highest BCUT2D eigenvalue weighted by Gasteiger charge is 2.34. The van der Waals surface area contributed by atoms with E-state index >= 15 is 0 Å². The number of aromatic nitrogens is 1. The average Bonchev–Trinajstić information content (AvgIpc) is 2.47. The first kappa shape index (κ1) is 15.3. The fourth-order valence-corrected chi connectivity index (χ4v) is 3.61. The van der Waals surface area contributed by atoms with Crippen LogP contribution in [0.5, 0.6) is 0 Å². The molecule has 0 saturated carbocycles. The van der Waals surface area contributed by atoms with Crippen LogP contribution in [0.2, 0.25) is 0 Å². The van der Waals surface area contributed by atoms with Gasteiger partial charge in [0, 0.05) is 19.2 Å². The van der Waals surface area contributed by atoms with Gasteiger partial charge in [0.05, 0.1) is 5.92 Å². The molecule has 0 bridgehead atoms. The van der Waals surface area contributed by atoms with Crippen molar-refractivity contribution in [1.29, 1.82) is 0 Å². The van der Waals surface area contributed by atoms with Gasteiger partial charge in [0.1, 0.15) is 4.90 Å². The van der Waals surface area contributed by atoms with Crippen LogP contribution in [0.15, 0.2) is 23.2 Å². The summed E-state index contributed by atoms with van der Waals surface area (Å²) in [7, 11) is -3.89. The van der Waals surface area contributed by atoms with E-state index < -0.39 is 32.7 Å². The lowest BCUT2D eigenvalue weighted by Crippen LogP contribution is -2.42. The Hall–Kier alpha value is -2.07. The van der Waals surface area contributed by atoms with Crippen LogP contribution in [0.1, 0.15) is 12.8 Å². The molecule has 1 aromatic heterocycles. The zero-order valence-corrected chi connectivity index (χ0v) is 11.7. The molecule has 0 radical (unpaired) electrons. The van der Waals surface area contributed by atoms with E-state index in [1.165, 1.54) is 0 Å². The van der Waals surface area contributed by atoms with Gasteiger partial charge in [-0.1, -0.05) is 0 Å². The lowest BCUT2D eigenvalue weighted by molar-refractivity contribution is -0.389. The smallest absolute Gasteiger partial charge is 0.363 e. The van der Waals surface area contributed by atoms with Crippen molar-refractivity contribution < 1.29 is 23.2 Å². The van der Waals surface area contributed by atoms with E-state index in [2.05, 4.69) is 4.98 Å². The van der Waals surface area contributed by atoms with Gasteiger partial charge in [-0.05, 0) is 28.8 Å². The molecular weight excluding hydrogens is 302 g/mol. The van der Waals surface area contributed by atoms with E-state index in [1.54, 1.807) is 0 Å². The minimum atomic E-state index is -3.89. The molecule has 10 heteroatoms. The molecule has 1 atom stereocenters. The SMILES string of the molecule is O=C(O)C1CCCN(S(=O)(=O)c2ccc([N+](=O)[O-])nc2)C1. The molecule has 114 valence electrons. The standard InChI is InChI=1S/C11H13N3O6S/c15-11(16)8-2-1-5-13(7-8)21(19,20)9-3-4-10(12-6-9)14(17)18/h3-4,6,8H,1-2,5,7H2,(H,15,16). The summed E-state index contributed by atoms with van der Waals surface area (Å²) in [5.41, 5.74) is 0. The molecule has 1 N–H and O–H groups in total. The Morgan fingerprint density at radius 1 is 1.48 bits per heavy atom. The monoisotopic (exact) mass is 315 g/mol.